The number of hydrogen-bond acceptors (Lipinski definition) is 3. The first-order valence-electron chi connectivity index (χ1n) is 5.41. The van der Waals surface area contributed by atoms with Crippen LogP contribution in [0.25, 0.3) is 0 Å². The van der Waals surface area contributed by atoms with E-state index in [1.165, 1.54) is 0 Å². The molecule has 0 saturated heterocycles. The van der Waals surface area contributed by atoms with Gasteiger partial charge in [-0.2, -0.15) is 0 Å². The Kier molecular flexibility index (Phi) is 2.95. The largest absolute Gasteiger partial charge is 0.378 e. The molecule has 0 aliphatic rings. The third-order valence-corrected chi connectivity index (χ3v) is 2.65. The van der Waals surface area contributed by atoms with Crippen LogP contribution < -0.4 is 4.90 Å². The molecule has 0 unspecified atom stereocenters. The van der Waals surface area contributed by atoms with Crippen molar-refractivity contribution in [2.24, 2.45) is 0 Å². The number of imidazole rings is 1. The molecule has 17 heavy (non-hydrogen) atoms. The van der Waals surface area contributed by atoms with Crippen LogP contribution in [0.3, 0.4) is 0 Å². The Labute approximate surface area is 101 Å². The summed E-state index contributed by atoms with van der Waals surface area (Å²) in [6.45, 7) is 1.81. The van der Waals surface area contributed by atoms with E-state index in [1.54, 1.807) is 17.0 Å². The lowest BCUT2D eigenvalue weighted by Gasteiger charge is -2.13. The Morgan fingerprint density at radius 2 is 2.12 bits per heavy atom. The van der Waals surface area contributed by atoms with Crippen LogP contribution in [0, 0.1) is 6.92 Å². The monoisotopic (exact) mass is 229 g/mol. The van der Waals surface area contributed by atoms with Crippen molar-refractivity contribution in [3.8, 4) is 0 Å². The highest BCUT2D eigenvalue weighted by atomic mass is 16.2. The average Bonchev–Trinajstić information content (AvgIpc) is 2.74. The molecule has 0 amide bonds. The number of carbonyl (C=O) groups is 1. The van der Waals surface area contributed by atoms with Crippen LogP contribution in [0.5, 0.6) is 0 Å². The van der Waals surface area contributed by atoms with E-state index in [0.717, 1.165) is 5.69 Å². The second-order valence-electron chi connectivity index (χ2n) is 4.09. The molecule has 2 rings (SSSR count). The minimum atomic E-state index is -0.0521. The maximum Gasteiger partial charge on any atom is 0.263 e. The fraction of sp³-hybridized carbons (Fsp3) is 0.231. The second kappa shape index (κ2) is 4.41. The number of hydrogen-bond donors (Lipinski definition) is 0. The van der Waals surface area contributed by atoms with E-state index in [0.29, 0.717) is 11.4 Å². The van der Waals surface area contributed by atoms with Crippen molar-refractivity contribution in [1.29, 1.82) is 0 Å². The second-order valence-corrected chi connectivity index (χ2v) is 4.09. The topological polar surface area (TPSA) is 38.1 Å². The van der Waals surface area contributed by atoms with Crippen molar-refractivity contribution in [3.63, 3.8) is 0 Å². The molecular formula is C13H15N3O. The summed E-state index contributed by atoms with van der Waals surface area (Å²) in [4.78, 5) is 18.2. The van der Waals surface area contributed by atoms with Crippen molar-refractivity contribution >= 4 is 11.6 Å². The zero-order chi connectivity index (χ0) is 12.4. The van der Waals surface area contributed by atoms with Gasteiger partial charge in [0.2, 0.25) is 0 Å². The zero-order valence-electron chi connectivity index (χ0n) is 10.2. The van der Waals surface area contributed by atoms with E-state index >= 15 is 0 Å². The van der Waals surface area contributed by atoms with Gasteiger partial charge in [0.1, 0.15) is 5.82 Å². The first-order valence-corrected chi connectivity index (χ1v) is 5.41. The summed E-state index contributed by atoms with van der Waals surface area (Å²) in [5, 5.41) is 0. The minimum absolute atomic E-state index is 0.0521. The third kappa shape index (κ3) is 2.20. The number of nitrogens with zero attached hydrogens (tertiary/aromatic N) is 3. The maximum absolute atomic E-state index is 12.2. The first-order chi connectivity index (χ1) is 8.09. The summed E-state index contributed by atoms with van der Waals surface area (Å²) in [7, 11) is 3.90. The molecule has 0 radical (unpaired) electrons. The predicted octanol–water partition coefficient (Wildman–Crippen LogP) is 1.95. The molecule has 1 aromatic heterocycles. The van der Waals surface area contributed by atoms with Crippen LogP contribution in [-0.2, 0) is 0 Å². The van der Waals surface area contributed by atoms with Gasteiger partial charge in [0.25, 0.3) is 5.91 Å². The van der Waals surface area contributed by atoms with Gasteiger partial charge < -0.3 is 4.90 Å². The Morgan fingerprint density at radius 1 is 1.35 bits per heavy atom. The van der Waals surface area contributed by atoms with E-state index in [2.05, 4.69) is 4.98 Å². The standard InChI is InChI=1S/C13H15N3O/c1-10-14-7-8-16(10)13(17)11-5-4-6-12(9-11)15(2)3/h4-9H,1-3H3. The summed E-state index contributed by atoms with van der Waals surface area (Å²) >= 11 is 0. The zero-order valence-corrected chi connectivity index (χ0v) is 10.2. The van der Waals surface area contributed by atoms with Gasteiger partial charge in [-0.25, -0.2) is 4.98 Å². The first kappa shape index (κ1) is 11.4. The molecule has 0 bridgehead atoms. The summed E-state index contributed by atoms with van der Waals surface area (Å²) in [5.74, 6) is 0.647. The van der Waals surface area contributed by atoms with Crippen LogP contribution >= 0.6 is 0 Å². The highest BCUT2D eigenvalue weighted by Crippen LogP contribution is 2.14. The number of rotatable bonds is 2. The average molecular weight is 229 g/mol. The number of anilines is 1. The van der Waals surface area contributed by atoms with Crippen molar-refractivity contribution in [3.05, 3.63) is 48.0 Å². The lowest BCUT2D eigenvalue weighted by atomic mass is 10.2. The van der Waals surface area contributed by atoms with Gasteiger partial charge in [0.05, 0.1) is 0 Å². The molecule has 88 valence electrons. The fourth-order valence-corrected chi connectivity index (χ4v) is 1.65. The summed E-state index contributed by atoms with van der Waals surface area (Å²) in [6.07, 6.45) is 3.31. The van der Waals surface area contributed by atoms with Gasteiger partial charge in [-0.05, 0) is 25.1 Å². The highest BCUT2D eigenvalue weighted by Gasteiger charge is 2.11. The molecule has 0 aliphatic carbocycles. The van der Waals surface area contributed by atoms with Crippen LogP contribution in [-0.4, -0.2) is 29.6 Å². The quantitative estimate of drug-likeness (QED) is 0.790. The van der Waals surface area contributed by atoms with Crippen molar-refractivity contribution in [1.82, 2.24) is 9.55 Å². The molecule has 0 N–H and O–H groups in total. The molecule has 1 heterocycles. The van der Waals surface area contributed by atoms with Gasteiger partial charge in [-0.15, -0.1) is 0 Å². The number of carbonyl (C=O) groups excluding carboxylic acids is 1. The predicted molar refractivity (Wildman–Crippen MR) is 67.5 cm³/mol. The molecule has 4 nitrogen and oxygen atoms in total. The van der Waals surface area contributed by atoms with Crippen molar-refractivity contribution in [2.45, 2.75) is 6.92 Å². The number of aryl methyl sites for hydroxylation is 1. The van der Waals surface area contributed by atoms with E-state index < -0.39 is 0 Å². The molecule has 2 aromatic rings. The Morgan fingerprint density at radius 3 is 2.71 bits per heavy atom. The van der Waals surface area contributed by atoms with Crippen LogP contribution in [0.15, 0.2) is 36.7 Å². The van der Waals surface area contributed by atoms with Gasteiger partial charge in [-0.1, -0.05) is 6.07 Å². The van der Waals surface area contributed by atoms with Crippen molar-refractivity contribution < 1.29 is 4.79 Å². The maximum atomic E-state index is 12.2. The van der Waals surface area contributed by atoms with Crippen LogP contribution in [0.4, 0.5) is 5.69 Å². The molecular weight excluding hydrogens is 214 g/mol. The number of benzene rings is 1. The summed E-state index contributed by atoms with van der Waals surface area (Å²) in [5.41, 5.74) is 1.67. The molecule has 0 fully saturated rings. The molecule has 1 aromatic carbocycles. The van der Waals surface area contributed by atoms with Crippen LogP contribution in [0.1, 0.15) is 16.2 Å². The lowest BCUT2D eigenvalue weighted by Crippen LogP contribution is -2.14. The normalized spacial score (nSPS) is 10.3. The van der Waals surface area contributed by atoms with E-state index in [1.807, 2.05) is 50.2 Å². The van der Waals surface area contributed by atoms with Gasteiger partial charge in [-0.3, -0.25) is 9.36 Å². The van der Waals surface area contributed by atoms with Gasteiger partial charge in [0, 0.05) is 37.7 Å². The van der Waals surface area contributed by atoms with E-state index in [-0.39, 0.29) is 5.91 Å². The Balaban J connectivity index is 2.38. The molecule has 0 saturated carbocycles. The lowest BCUT2D eigenvalue weighted by molar-refractivity contribution is 0.0957. The van der Waals surface area contributed by atoms with E-state index in [4.69, 9.17) is 0 Å². The number of aromatic nitrogens is 2. The fourth-order valence-electron chi connectivity index (χ4n) is 1.65. The third-order valence-electron chi connectivity index (χ3n) is 2.65. The SMILES string of the molecule is Cc1nccn1C(=O)c1cccc(N(C)C)c1. The minimum Gasteiger partial charge on any atom is -0.378 e. The highest BCUT2D eigenvalue weighted by molar-refractivity contribution is 5.97. The van der Waals surface area contributed by atoms with E-state index in [9.17, 15) is 4.79 Å². The van der Waals surface area contributed by atoms with Crippen molar-refractivity contribution in [2.75, 3.05) is 19.0 Å². The van der Waals surface area contributed by atoms with Gasteiger partial charge in [0.15, 0.2) is 0 Å². The molecule has 0 spiro atoms. The molecule has 4 heteroatoms. The Bertz CT molecular complexity index is 543. The van der Waals surface area contributed by atoms with Crippen LogP contribution in [0.2, 0.25) is 0 Å². The molecule has 0 atom stereocenters. The molecule has 0 aliphatic heterocycles. The Hall–Kier alpha value is -2.10. The van der Waals surface area contributed by atoms with Gasteiger partial charge >= 0.3 is 0 Å². The summed E-state index contributed by atoms with van der Waals surface area (Å²) in [6, 6.07) is 7.54. The summed E-state index contributed by atoms with van der Waals surface area (Å²) < 4.78 is 1.55. The smallest absolute Gasteiger partial charge is 0.263 e.